The quantitative estimate of drug-likeness (QED) is 0.709. The maximum Gasteiger partial charge on any atom is 0.255 e. The first-order valence-corrected chi connectivity index (χ1v) is 9.22. The first kappa shape index (κ1) is 20.3. The van der Waals surface area contributed by atoms with Crippen LogP contribution in [-0.2, 0) is 7.05 Å². The summed E-state index contributed by atoms with van der Waals surface area (Å²) in [5, 5.41) is 4.25. The molecule has 1 aliphatic rings. The first-order chi connectivity index (χ1) is 13.1. The highest BCUT2D eigenvalue weighted by Crippen LogP contribution is 2.23. The van der Waals surface area contributed by atoms with Crippen LogP contribution in [0.4, 0.5) is 5.95 Å². The number of aromatic nitrogens is 3. The van der Waals surface area contributed by atoms with Gasteiger partial charge in [-0.3, -0.25) is 14.3 Å². The molecule has 8 heteroatoms. The standard InChI is InChI=1S/C20H20ClN5O.ClH/c1-25-19(27)12-17(15-6-8-22-9-7-15)24-20(25)26-11-10-23-18(13-26)14-2-4-16(21)5-3-14;/h2-9,12,18,23H,10-11,13H2,1H3;1H/t18-;/m0./s1. The van der Waals surface area contributed by atoms with Gasteiger partial charge in [-0.2, -0.15) is 0 Å². The normalized spacial score (nSPS) is 16.5. The number of halogens is 2. The van der Waals surface area contributed by atoms with E-state index in [1.807, 2.05) is 36.4 Å². The van der Waals surface area contributed by atoms with Gasteiger partial charge in [0.25, 0.3) is 5.56 Å². The van der Waals surface area contributed by atoms with E-state index in [1.165, 1.54) is 5.56 Å². The van der Waals surface area contributed by atoms with Crippen molar-refractivity contribution in [3.63, 3.8) is 0 Å². The van der Waals surface area contributed by atoms with Crippen LogP contribution in [0.15, 0.2) is 59.7 Å². The smallest absolute Gasteiger partial charge is 0.255 e. The van der Waals surface area contributed by atoms with Crippen LogP contribution in [0.1, 0.15) is 11.6 Å². The lowest BCUT2D eigenvalue weighted by molar-refractivity contribution is 0.462. The van der Waals surface area contributed by atoms with E-state index in [4.69, 9.17) is 16.6 Å². The molecule has 1 atom stereocenters. The van der Waals surface area contributed by atoms with Crippen molar-refractivity contribution in [3.05, 3.63) is 75.8 Å². The van der Waals surface area contributed by atoms with Gasteiger partial charge in [0, 0.05) is 61.8 Å². The lowest BCUT2D eigenvalue weighted by atomic mass is 10.0. The fourth-order valence-corrected chi connectivity index (χ4v) is 3.46. The molecule has 1 aliphatic heterocycles. The average molecular weight is 418 g/mol. The van der Waals surface area contributed by atoms with Gasteiger partial charge in [0.1, 0.15) is 0 Å². The molecule has 146 valence electrons. The molecule has 6 nitrogen and oxygen atoms in total. The SMILES string of the molecule is Cl.Cn1c(N2CCN[C@H](c3ccc(Cl)cc3)C2)nc(-c2ccncc2)cc1=O. The Balaban J connectivity index is 0.00000225. The van der Waals surface area contributed by atoms with Gasteiger partial charge < -0.3 is 10.2 Å². The van der Waals surface area contributed by atoms with Crippen LogP contribution in [0.5, 0.6) is 0 Å². The molecular formula is C20H21Cl2N5O. The van der Waals surface area contributed by atoms with Crippen molar-refractivity contribution in [1.29, 1.82) is 0 Å². The maximum atomic E-state index is 12.5. The zero-order chi connectivity index (χ0) is 18.8. The summed E-state index contributed by atoms with van der Waals surface area (Å²) in [6, 6.07) is 13.3. The highest BCUT2D eigenvalue weighted by atomic mass is 35.5. The zero-order valence-electron chi connectivity index (χ0n) is 15.4. The Morgan fingerprint density at radius 3 is 2.57 bits per heavy atom. The number of nitrogens with one attached hydrogen (secondary N) is 1. The van der Waals surface area contributed by atoms with E-state index in [0.717, 1.165) is 30.2 Å². The van der Waals surface area contributed by atoms with Crippen LogP contribution in [0, 0.1) is 0 Å². The van der Waals surface area contributed by atoms with Gasteiger partial charge in [-0.25, -0.2) is 4.98 Å². The van der Waals surface area contributed by atoms with Gasteiger partial charge in [-0.1, -0.05) is 23.7 Å². The number of benzene rings is 1. The molecule has 4 rings (SSSR count). The molecule has 1 saturated heterocycles. The van der Waals surface area contributed by atoms with Crippen molar-refractivity contribution in [3.8, 4) is 11.3 Å². The Morgan fingerprint density at radius 2 is 1.86 bits per heavy atom. The fourth-order valence-electron chi connectivity index (χ4n) is 3.33. The molecular weight excluding hydrogens is 397 g/mol. The van der Waals surface area contributed by atoms with E-state index >= 15 is 0 Å². The molecule has 2 aromatic heterocycles. The first-order valence-electron chi connectivity index (χ1n) is 8.84. The molecule has 3 heterocycles. The number of pyridine rings is 1. The summed E-state index contributed by atoms with van der Waals surface area (Å²) in [5.41, 5.74) is 2.64. The minimum Gasteiger partial charge on any atom is -0.339 e. The van der Waals surface area contributed by atoms with E-state index in [9.17, 15) is 4.79 Å². The lowest BCUT2D eigenvalue weighted by Gasteiger charge is -2.35. The lowest BCUT2D eigenvalue weighted by Crippen LogP contribution is -2.47. The van der Waals surface area contributed by atoms with E-state index in [2.05, 4.69) is 15.2 Å². The van der Waals surface area contributed by atoms with Gasteiger partial charge >= 0.3 is 0 Å². The summed E-state index contributed by atoms with van der Waals surface area (Å²) >= 11 is 6.01. The Labute approximate surface area is 174 Å². The molecule has 1 N–H and O–H groups in total. The number of hydrogen-bond acceptors (Lipinski definition) is 5. The predicted molar refractivity (Wildman–Crippen MR) is 114 cm³/mol. The summed E-state index contributed by atoms with van der Waals surface area (Å²) < 4.78 is 1.61. The molecule has 3 aromatic rings. The minimum atomic E-state index is -0.0756. The number of anilines is 1. The molecule has 0 bridgehead atoms. The van der Waals surface area contributed by atoms with E-state index < -0.39 is 0 Å². The van der Waals surface area contributed by atoms with Crippen molar-refractivity contribution >= 4 is 30.0 Å². The third-order valence-corrected chi connectivity index (χ3v) is 5.07. The number of nitrogens with zero attached hydrogens (tertiary/aromatic N) is 4. The van der Waals surface area contributed by atoms with Gasteiger partial charge in [0.05, 0.1) is 5.69 Å². The van der Waals surface area contributed by atoms with E-state index in [0.29, 0.717) is 11.6 Å². The number of piperazine rings is 1. The Morgan fingerprint density at radius 1 is 1.14 bits per heavy atom. The van der Waals surface area contributed by atoms with Crippen molar-refractivity contribution in [2.75, 3.05) is 24.5 Å². The van der Waals surface area contributed by atoms with Crippen LogP contribution in [-0.4, -0.2) is 34.2 Å². The number of rotatable bonds is 3. The molecule has 1 fully saturated rings. The Bertz CT molecular complexity index is 992. The molecule has 1 aromatic carbocycles. The zero-order valence-corrected chi connectivity index (χ0v) is 17.0. The molecule has 28 heavy (non-hydrogen) atoms. The predicted octanol–water partition coefficient (Wildman–Crippen LogP) is 3.07. The molecule has 0 spiro atoms. The highest BCUT2D eigenvalue weighted by Gasteiger charge is 2.24. The average Bonchev–Trinajstić information content (AvgIpc) is 2.71. The molecule has 0 aliphatic carbocycles. The molecule has 0 unspecified atom stereocenters. The number of hydrogen-bond donors (Lipinski definition) is 1. The third-order valence-electron chi connectivity index (χ3n) is 4.82. The summed E-state index contributed by atoms with van der Waals surface area (Å²) in [7, 11) is 1.76. The second-order valence-electron chi connectivity index (χ2n) is 6.58. The van der Waals surface area contributed by atoms with Crippen molar-refractivity contribution in [2.24, 2.45) is 7.05 Å². The molecule has 0 saturated carbocycles. The minimum absolute atomic E-state index is 0. The van der Waals surface area contributed by atoms with Gasteiger partial charge in [-0.05, 0) is 29.8 Å². The summed E-state index contributed by atoms with van der Waals surface area (Å²) in [4.78, 5) is 23.5. The summed E-state index contributed by atoms with van der Waals surface area (Å²) in [6.07, 6.45) is 3.41. The Kier molecular flexibility index (Phi) is 6.34. The van der Waals surface area contributed by atoms with E-state index in [-0.39, 0.29) is 24.0 Å². The van der Waals surface area contributed by atoms with Crippen molar-refractivity contribution < 1.29 is 0 Å². The van der Waals surface area contributed by atoms with Crippen molar-refractivity contribution in [1.82, 2.24) is 19.9 Å². The summed E-state index contributed by atoms with van der Waals surface area (Å²) in [5.74, 6) is 0.676. The van der Waals surface area contributed by atoms with Gasteiger partial charge in [-0.15, -0.1) is 12.4 Å². The maximum absolute atomic E-state index is 12.5. The van der Waals surface area contributed by atoms with Crippen molar-refractivity contribution in [2.45, 2.75) is 6.04 Å². The van der Waals surface area contributed by atoms with Gasteiger partial charge in [0.2, 0.25) is 5.95 Å². The van der Waals surface area contributed by atoms with Crippen LogP contribution in [0.3, 0.4) is 0 Å². The fraction of sp³-hybridized carbons (Fsp3) is 0.250. The van der Waals surface area contributed by atoms with Gasteiger partial charge in [0.15, 0.2) is 0 Å². The highest BCUT2D eigenvalue weighted by molar-refractivity contribution is 6.30. The third kappa shape index (κ3) is 4.19. The van der Waals surface area contributed by atoms with Crippen LogP contribution < -0.4 is 15.8 Å². The van der Waals surface area contributed by atoms with Crippen LogP contribution in [0.25, 0.3) is 11.3 Å². The topological polar surface area (TPSA) is 63.1 Å². The second-order valence-corrected chi connectivity index (χ2v) is 7.02. The molecule has 0 amide bonds. The second kappa shape index (κ2) is 8.73. The van der Waals surface area contributed by atoms with Crippen LogP contribution >= 0.6 is 24.0 Å². The monoisotopic (exact) mass is 417 g/mol. The molecule has 0 radical (unpaired) electrons. The van der Waals surface area contributed by atoms with Crippen LogP contribution in [0.2, 0.25) is 5.02 Å². The summed E-state index contributed by atoms with van der Waals surface area (Å²) in [6.45, 7) is 2.31. The van der Waals surface area contributed by atoms with E-state index in [1.54, 1.807) is 30.1 Å². The Hall–Kier alpha value is -2.41. The largest absolute Gasteiger partial charge is 0.339 e.